The molecule has 2 aliphatic heterocycles. The van der Waals surface area contributed by atoms with E-state index in [1.807, 2.05) is 0 Å². The molecule has 0 radical (unpaired) electrons. The number of anilines is 2. The molecule has 0 unspecified atom stereocenters. The van der Waals surface area contributed by atoms with Gasteiger partial charge in [-0.15, -0.1) is 0 Å². The predicted molar refractivity (Wildman–Crippen MR) is 203 cm³/mol. The minimum absolute atomic E-state index is 0.0685. The first kappa shape index (κ1) is 49.4. The molecule has 2 heterocycles. The fourth-order valence-corrected chi connectivity index (χ4v) is 7.11. The molecule has 0 amide bonds. The molecule has 0 fully saturated rings. The lowest BCUT2D eigenvalue weighted by atomic mass is 9.88. The molecule has 0 aliphatic carbocycles. The highest BCUT2D eigenvalue weighted by molar-refractivity contribution is 6.06. The molecule has 0 saturated heterocycles. The lowest BCUT2D eigenvalue weighted by molar-refractivity contribution is -0.144. The number of nitrogens with one attached hydrogen (secondary N) is 2. The number of nitrogens with zero attached hydrogens (tertiary/aromatic N) is 4. The van der Waals surface area contributed by atoms with Crippen LogP contribution < -0.4 is 20.1 Å². The number of hydrogen-bond acceptors (Lipinski definition) is 8. The van der Waals surface area contributed by atoms with Gasteiger partial charge in [-0.3, -0.25) is 0 Å². The van der Waals surface area contributed by atoms with E-state index >= 15 is 0 Å². The average Bonchev–Trinajstić information content (AvgIpc) is 3.89. The Balaban J connectivity index is 1.65. The number of ether oxygens (including phenoxy) is 2. The van der Waals surface area contributed by atoms with Crippen molar-refractivity contribution < 1.29 is 88.5 Å². The van der Waals surface area contributed by atoms with Crippen molar-refractivity contribution in [2.24, 2.45) is 0 Å². The fraction of sp³-hybridized carbons (Fsp3) is 0.136. The lowest BCUT2D eigenvalue weighted by Gasteiger charge is -2.20. The SMILES string of the molecule is N#CC(C#N)=C1Nc2c(c(-c3cc(-c4cc(C(F)(F)F)cc(C(F)(F)F)c4)cc(C(F)(F)F)c3)c3c(c2-c2cc(-c4cc(C(F)(F)F)cc(C(F)(F)F)c4)cc(C(F)(F)F)c2)OC(=C(C#N)C#N)N3)O1. The van der Waals surface area contributed by atoms with Gasteiger partial charge in [-0.2, -0.15) is 100 Å². The van der Waals surface area contributed by atoms with Crippen LogP contribution >= 0.6 is 0 Å². The van der Waals surface area contributed by atoms with Gasteiger partial charge in [0.05, 0.1) is 55.9 Å². The monoisotopic (exact) mass is 1000 g/mol. The fourth-order valence-electron chi connectivity index (χ4n) is 7.11. The molecule has 0 bridgehead atoms. The van der Waals surface area contributed by atoms with Crippen molar-refractivity contribution >= 4 is 11.4 Å². The number of hydrogen-bond donors (Lipinski definition) is 2. The molecule has 2 aliphatic rings. The number of allylic oxidation sites excluding steroid dienone is 2. The van der Waals surface area contributed by atoms with Gasteiger partial charge < -0.3 is 20.1 Å². The van der Waals surface area contributed by atoms with Crippen LogP contribution in [0.15, 0.2) is 95.7 Å². The minimum Gasteiger partial charge on any atom is -0.436 e. The summed E-state index contributed by atoms with van der Waals surface area (Å²) in [6.45, 7) is 0. The van der Waals surface area contributed by atoms with Crippen molar-refractivity contribution in [3.63, 3.8) is 0 Å². The van der Waals surface area contributed by atoms with Crippen LogP contribution in [0.25, 0.3) is 44.5 Å². The molecule has 0 atom stereocenters. The van der Waals surface area contributed by atoms with Crippen molar-refractivity contribution in [3.8, 4) is 80.3 Å². The first-order valence-electron chi connectivity index (χ1n) is 18.5. The van der Waals surface area contributed by atoms with Crippen molar-refractivity contribution in [2.75, 3.05) is 10.6 Å². The molecule has 7 rings (SSSR count). The quantitative estimate of drug-likeness (QED) is 0.134. The van der Waals surface area contributed by atoms with E-state index in [0.29, 0.717) is 12.1 Å². The molecule has 358 valence electrons. The van der Waals surface area contributed by atoms with Crippen LogP contribution in [-0.4, -0.2) is 0 Å². The van der Waals surface area contributed by atoms with Gasteiger partial charge in [0, 0.05) is 0 Å². The van der Waals surface area contributed by atoms with Gasteiger partial charge in [-0.05, 0) is 106 Å². The third-order valence-corrected chi connectivity index (χ3v) is 10.1. The summed E-state index contributed by atoms with van der Waals surface area (Å²) in [7, 11) is 0. The molecule has 26 heteroatoms. The van der Waals surface area contributed by atoms with Crippen molar-refractivity contribution in [1.82, 2.24) is 0 Å². The Morgan fingerprint density at radius 2 is 0.543 bits per heavy atom. The van der Waals surface area contributed by atoms with Crippen molar-refractivity contribution in [3.05, 3.63) is 129 Å². The summed E-state index contributed by atoms with van der Waals surface area (Å²) in [4.78, 5) is 0. The number of fused-ring (bicyclic) bond motifs is 2. The van der Waals surface area contributed by atoms with E-state index < -0.39 is 161 Å². The maximum atomic E-state index is 14.7. The van der Waals surface area contributed by atoms with Gasteiger partial charge in [0.1, 0.15) is 24.3 Å². The molecule has 0 spiro atoms. The number of rotatable bonds is 4. The largest absolute Gasteiger partial charge is 0.436 e. The molecule has 8 nitrogen and oxygen atoms in total. The molecular weight excluding hydrogens is 986 g/mol. The Bertz CT molecular complexity index is 2940. The lowest BCUT2D eigenvalue weighted by Crippen LogP contribution is -2.11. The highest BCUT2D eigenvalue weighted by Crippen LogP contribution is 2.61. The Hall–Kier alpha value is -8.52. The third kappa shape index (κ3) is 9.35. The maximum Gasteiger partial charge on any atom is 0.416 e. The van der Waals surface area contributed by atoms with Crippen molar-refractivity contribution in [1.29, 1.82) is 21.0 Å². The summed E-state index contributed by atoms with van der Waals surface area (Å²) in [6.07, 6.45) is -33.1. The zero-order valence-electron chi connectivity index (χ0n) is 33.3. The summed E-state index contributed by atoms with van der Waals surface area (Å²) >= 11 is 0. The standard InChI is InChI=1S/C44H14F18N6O2/c45-39(46,47)25-3-17(19-5-27(41(51,52)53)11-28(6-19)42(54,55)56)1-21(9-25)31-33-36(70-37(67-33)23(13-63)14-64)32(34-35(31)69-38(68-34)24(15-65)16-66)22-2-18(4-26(10-22)40(48,49)50)20-7-29(43(57,58)59)12-30(8-20)44(60,61)62/h1-12,67-68H. The van der Waals surface area contributed by atoms with Crippen LogP contribution in [0.4, 0.5) is 90.4 Å². The van der Waals surface area contributed by atoms with Crippen LogP contribution in [0.3, 0.4) is 0 Å². The van der Waals surface area contributed by atoms with Crippen LogP contribution in [0.5, 0.6) is 11.5 Å². The Morgan fingerprint density at radius 3 is 0.771 bits per heavy atom. The van der Waals surface area contributed by atoms with E-state index in [-0.39, 0.29) is 60.7 Å². The summed E-state index contributed by atoms with van der Waals surface area (Å²) in [5.74, 6) is -3.78. The third-order valence-electron chi connectivity index (χ3n) is 10.1. The number of benzene rings is 5. The van der Waals surface area contributed by atoms with Gasteiger partial charge >= 0.3 is 37.1 Å². The van der Waals surface area contributed by atoms with Gasteiger partial charge in [-0.1, -0.05) is 0 Å². The van der Waals surface area contributed by atoms with Crippen LogP contribution in [0, 0.1) is 45.3 Å². The van der Waals surface area contributed by atoms with Crippen LogP contribution in [0.2, 0.25) is 0 Å². The van der Waals surface area contributed by atoms with E-state index in [2.05, 4.69) is 10.6 Å². The summed E-state index contributed by atoms with van der Waals surface area (Å²) in [5.41, 5.74) is -23.0. The summed E-state index contributed by atoms with van der Waals surface area (Å²) in [6, 6.07) is 7.02. The number of alkyl halides is 18. The molecule has 70 heavy (non-hydrogen) atoms. The molecule has 0 aromatic heterocycles. The smallest absolute Gasteiger partial charge is 0.416 e. The topological polar surface area (TPSA) is 138 Å². The zero-order chi connectivity index (χ0) is 51.8. The Kier molecular flexibility index (Phi) is 11.7. The molecule has 5 aromatic carbocycles. The second-order valence-electron chi connectivity index (χ2n) is 14.7. The summed E-state index contributed by atoms with van der Waals surface area (Å²) < 4.78 is 267. The average molecular weight is 1000 g/mol. The Labute approximate surface area is 377 Å². The van der Waals surface area contributed by atoms with Crippen LogP contribution in [-0.2, 0) is 37.1 Å². The molecule has 0 saturated carbocycles. The van der Waals surface area contributed by atoms with E-state index in [1.54, 1.807) is 0 Å². The zero-order valence-corrected chi connectivity index (χ0v) is 33.3. The van der Waals surface area contributed by atoms with E-state index in [9.17, 15) is 100 Å². The van der Waals surface area contributed by atoms with Crippen LogP contribution in [0.1, 0.15) is 33.4 Å². The van der Waals surface area contributed by atoms with E-state index in [1.165, 1.54) is 24.3 Å². The predicted octanol–water partition coefficient (Wildman–Crippen LogP) is 14.6. The number of nitriles is 4. The Morgan fingerprint density at radius 1 is 0.329 bits per heavy atom. The highest BCUT2D eigenvalue weighted by atomic mass is 19.4. The second kappa shape index (κ2) is 16.6. The maximum absolute atomic E-state index is 14.7. The van der Waals surface area contributed by atoms with E-state index in [4.69, 9.17) is 9.47 Å². The second-order valence-corrected chi connectivity index (χ2v) is 14.7. The summed E-state index contributed by atoms with van der Waals surface area (Å²) in [5, 5.41) is 43.6. The van der Waals surface area contributed by atoms with Crippen molar-refractivity contribution in [2.45, 2.75) is 37.1 Å². The van der Waals surface area contributed by atoms with Gasteiger partial charge in [0.25, 0.3) is 0 Å². The van der Waals surface area contributed by atoms with Gasteiger partial charge in [0.2, 0.25) is 11.8 Å². The van der Waals surface area contributed by atoms with Gasteiger partial charge in [0.15, 0.2) is 22.6 Å². The first-order valence-corrected chi connectivity index (χ1v) is 18.5. The first-order chi connectivity index (χ1) is 32.3. The molecular formula is C44H14F18N6O2. The van der Waals surface area contributed by atoms with Gasteiger partial charge in [-0.25, -0.2) is 0 Å². The highest BCUT2D eigenvalue weighted by Gasteiger charge is 2.43. The van der Waals surface area contributed by atoms with E-state index in [0.717, 1.165) is 0 Å². The molecule has 5 aromatic rings. The molecule has 2 N–H and O–H groups in total. The number of halogens is 18. The minimum atomic E-state index is -5.52. The normalized spacial score (nSPS) is 13.6.